The lowest BCUT2D eigenvalue weighted by molar-refractivity contribution is 0.478. The predicted octanol–water partition coefficient (Wildman–Crippen LogP) is 9.93. The molecule has 0 saturated carbocycles. The number of aromatic hydroxyl groups is 2. The zero-order valence-corrected chi connectivity index (χ0v) is 26.6. The Bertz CT molecular complexity index is 2040. The van der Waals surface area contributed by atoms with Crippen molar-refractivity contribution in [2.24, 2.45) is 0 Å². The van der Waals surface area contributed by atoms with E-state index in [1.165, 1.54) is 0 Å². The van der Waals surface area contributed by atoms with E-state index in [2.05, 4.69) is 23.8 Å². The Labute approximate surface area is 273 Å². The van der Waals surface area contributed by atoms with Gasteiger partial charge in [0.05, 0.1) is 22.8 Å². The first kappa shape index (κ1) is 30.1. The Balaban J connectivity index is 1.37. The molecule has 2 aromatic carbocycles. The Hall–Kier alpha value is -5.56. The van der Waals surface area contributed by atoms with Gasteiger partial charge in [0.1, 0.15) is 22.5 Å². The molecular weight excluding hydrogens is 584 g/mol. The van der Waals surface area contributed by atoms with Crippen LogP contribution >= 0.6 is 0 Å². The van der Waals surface area contributed by atoms with Crippen LogP contribution in [0.4, 0.5) is 0 Å². The summed E-state index contributed by atoms with van der Waals surface area (Å²) in [5, 5.41) is 23.1. The van der Waals surface area contributed by atoms with Crippen LogP contribution in [0.5, 0.6) is 11.5 Å². The predicted molar refractivity (Wildman–Crippen MR) is 187 cm³/mol. The number of furan rings is 1. The van der Waals surface area contributed by atoms with E-state index >= 15 is 0 Å². The van der Waals surface area contributed by atoms with Gasteiger partial charge in [-0.15, -0.1) is 0 Å². The summed E-state index contributed by atoms with van der Waals surface area (Å²) >= 11 is 0. The molecular formula is C40H36N4O3. The number of pyridine rings is 4. The summed E-state index contributed by atoms with van der Waals surface area (Å²) in [6.45, 7) is 4.34. The van der Waals surface area contributed by atoms with Gasteiger partial charge in [-0.1, -0.05) is 38.8 Å². The summed E-state index contributed by atoms with van der Waals surface area (Å²) in [4.78, 5) is 19.1. The maximum Gasteiger partial charge on any atom is 0.155 e. The molecule has 7 aromatic rings. The number of rotatable bonds is 10. The van der Waals surface area contributed by atoms with Crippen LogP contribution in [0.1, 0.15) is 50.7 Å². The molecule has 5 heterocycles. The van der Waals surface area contributed by atoms with Gasteiger partial charge in [0, 0.05) is 34.6 Å². The van der Waals surface area contributed by atoms with E-state index < -0.39 is 0 Å². The van der Waals surface area contributed by atoms with Crippen LogP contribution in [0.3, 0.4) is 0 Å². The van der Waals surface area contributed by atoms with E-state index in [1.807, 2.05) is 84.9 Å². The monoisotopic (exact) mass is 620 g/mol. The van der Waals surface area contributed by atoms with Gasteiger partial charge in [-0.3, -0.25) is 9.97 Å². The summed E-state index contributed by atoms with van der Waals surface area (Å²) in [7, 11) is 0. The van der Waals surface area contributed by atoms with Crippen LogP contribution < -0.4 is 0 Å². The second-order valence-electron chi connectivity index (χ2n) is 11.9. The van der Waals surface area contributed by atoms with Crippen molar-refractivity contribution < 1.29 is 14.6 Å². The van der Waals surface area contributed by atoms with Crippen molar-refractivity contribution in [3.05, 3.63) is 108 Å². The maximum atomic E-state index is 11.6. The van der Waals surface area contributed by atoms with Gasteiger partial charge in [0.2, 0.25) is 0 Å². The van der Waals surface area contributed by atoms with Crippen molar-refractivity contribution in [1.29, 1.82) is 0 Å². The largest absolute Gasteiger partial charge is 0.507 e. The van der Waals surface area contributed by atoms with Gasteiger partial charge < -0.3 is 14.6 Å². The first-order chi connectivity index (χ1) is 23.0. The molecule has 0 atom stereocenters. The van der Waals surface area contributed by atoms with Gasteiger partial charge in [0.15, 0.2) is 11.2 Å². The zero-order chi connectivity index (χ0) is 32.3. The summed E-state index contributed by atoms with van der Waals surface area (Å²) < 4.78 is 6.16. The molecule has 7 heteroatoms. The molecule has 0 spiro atoms. The first-order valence-electron chi connectivity index (χ1n) is 16.3. The van der Waals surface area contributed by atoms with E-state index in [0.717, 1.165) is 49.7 Å². The molecule has 234 valence electrons. The number of nitrogens with zero attached hydrogens (tertiary/aromatic N) is 4. The van der Waals surface area contributed by atoms with Gasteiger partial charge in [-0.25, -0.2) is 9.97 Å². The third kappa shape index (κ3) is 5.92. The quantitative estimate of drug-likeness (QED) is 0.157. The lowest BCUT2D eigenvalue weighted by Crippen LogP contribution is -1.94. The van der Waals surface area contributed by atoms with Crippen LogP contribution in [0.15, 0.2) is 102 Å². The molecule has 0 aliphatic carbocycles. The minimum absolute atomic E-state index is 0.133. The second-order valence-corrected chi connectivity index (χ2v) is 11.9. The number of unbranched alkanes of at least 4 members (excludes halogenated alkanes) is 2. The molecule has 2 N–H and O–H groups in total. The van der Waals surface area contributed by atoms with Crippen LogP contribution in [-0.4, -0.2) is 30.1 Å². The van der Waals surface area contributed by atoms with E-state index in [0.29, 0.717) is 67.2 Å². The molecule has 0 fully saturated rings. The summed E-state index contributed by atoms with van der Waals surface area (Å²) in [5.74, 6) is 0.265. The summed E-state index contributed by atoms with van der Waals surface area (Å²) in [5.41, 5.74) is 9.84. The molecule has 0 unspecified atom stereocenters. The number of fused-ring (bicyclic) bond motifs is 3. The van der Waals surface area contributed by atoms with Gasteiger partial charge >= 0.3 is 0 Å². The van der Waals surface area contributed by atoms with Crippen LogP contribution in [0.25, 0.3) is 67.2 Å². The van der Waals surface area contributed by atoms with Crippen LogP contribution in [0, 0.1) is 0 Å². The minimum Gasteiger partial charge on any atom is -0.507 e. The molecule has 5 aromatic heterocycles. The molecule has 7 rings (SSSR count). The topological polar surface area (TPSA) is 105 Å². The minimum atomic E-state index is 0.133. The average Bonchev–Trinajstić information content (AvgIpc) is 3.48. The third-order valence-electron chi connectivity index (χ3n) is 8.57. The molecule has 0 saturated heterocycles. The van der Waals surface area contributed by atoms with Gasteiger partial charge in [-0.05, 0) is 110 Å². The summed E-state index contributed by atoms with van der Waals surface area (Å²) in [6, 6.07) is 26.9. The Morgan fingerprint density at radius 2 is 0.957 bits per heavy atom. The highest BCUT2D eigenvalue weighted by Gasteiger charge is 2.20. The van der Waals surface area contributed by atoms with Crippen molar-refractivity contribution >= 4 is 22.2 Å². The molecule has 0 amide bonds. The smallest absolute Gasteiger partial charge is 0.155 e. The van der Waals surface area contributed by atoms with E-state index in [-0.39, 0.29) is 11.5 Å². The lowest BCUT2D eigenvalue weighted by Gasteiger charge is -2.13. The Morgan fingerprint density at radius 3 is 1.34 bits per heavy atom. The number of hydrogen-bond donors (Lipinski definition) is 2. The fraction of sp³-hybridized carbons (Fsp3) is 0.200. The van der Waals surface area contributed by atoms with Crippen molar-refractivity contribution in [2.45, 2.75) is 52.4 Å². The molecule has 7 nitrogen and oxygen atoms in total. The third-order valence-corrected chi connectivity index (χ3v) is 8.57. The van der Waals surface area contributed by atoms with E-state index in [9.17, 15) is 10.2 Å². The van der Waals surface area contributed by atoms with Gasteiger partial charge in [-0.2, -0.15) is 0 Å². The molecule has 0 bridgehead atoms. The standard InChI is InChI=1S/C40H36N4O3/c1-3-5-11-25-21-27(31-13-7-9-19-41-31)39(45)29(23-25)33-15-17-35-37(43-33)38-36(47-35)18-16-34(44-38)30-24-26(12-6-4-2)22-28(40(30)46)32-14-8-10-20-42-32/h7-10,13-24,45-46H,3-6,11-12H2,1-2H3. The van der Waals surface area contributed by atoms with Gasteiger partial charge in [0.25, 0.3) is 0 Å². The summed E-state index contributed by atoms with van der Waals surface area (Å²) in [6.07, 6.45) is 9.42. The molecule has 0 aliphatic heterocycles. The number of hydrogen-bond acceptors (Lipinski definition) is 7. The number of phenols is 2. The Kier molecular flexibility index (Phi) is 8.36. The second kappa shape index (κ2) is 13.0. The van der Waals surface area contributed by atoms with Crippen LogP contribution in [0.2, 0.25) is 0 Å². The van der Waals surface area contributed by atoms with E-state index in [4.69, 9.17) is 14.4 Å². The number of benzene rings is 2. The lowest BCUT2D eigenvalue weighted by atomic mass is 9.96. The number of aromatic nitrogens is 4. The fourth-order valence-corrected chi connectivity index (χ4v) is 6.08. The fourth-order valence-electron chi connectivity index (χ4n) is 6.08. The highest BCUT2D eigenvalue weighted by molar-refractivity contribution is 6.01. The van der Waals surface area contributed by atoms with Crippen molar-refractivity contribution in [3.8, 4) is 56.5 Å². The Morgan fingerprint density at radius 1 is 0.532 bits per heavy atom. The molecule has 47 heavy (non-hydrogen) atoms. The van der Waals surface area contributed by atoms with Crippen LogP contribution in [-0.2, 0) is 12.8 Å². The first-order valence-corrected chi connectivity index (χ1v) is 16.3. The molecule has 0 radical (unpaired) electrons. The van der Waals surface area contributed by atoms with Crippen molar-refractivity contribution in [1.82, 2.24) is 19.9 Å². The number of phenolic OH excluding ortho intramolecular Hbond substituents is 2. The normalized spacial score (nSPS) is 11.4. The van der Waals surface area contributed by atoms with Crippen molar-refractivity contribution in [3.63, 3.8) is 0 Å². The zero-order valence-electron chi connectivity index (χ0n) is 26.6. The highest BCUT2D eigenvalue weighted by atomic mass is 16.3. The average molecular weight is 621 g/mol. The van der Waals surface area contributed by atoms with E-state index in [1.54, 1.807) is 12.4 Å². The van der Waals surface area contributed by atoms with Crippen molar-refractivity contribution in [2.75, 3.05) is 0 Å². The maximum absolute atomic E-state index is 11.6. The number of aryl methyl sites for hydroxylation is 2. The molecule has 0 aliphatic rings. The highest BCUT2D eigenvalue weighted by Crippen LogP contribution is 2.42. The SMILES string of the molecule is CCCCc1cc(-c2ccccn2)c(O)c(-c2ccc3oc4ccc(-c5cc(CCCC)cc(-c6ccccn6)c5O)nc4c3n2)c1.